The Bertz CT molecular complexity index is 2530. The van der Waals surface area contributed by atoms with Crippen molar-refractivity contribution in [3.8, 4) is 33.4 Å². The fraction of sp³-hybridized carbons (Fsp3) is 0.0732. The van der Waals surface area contributed by atoms with Gasteiger partial charge in [0.05, 0.1) is 11.4 Å². The van der Waals surface area contributed by atoms with Crippen molar-refractivity contribution in [2.24, 2.45) is 0 Å². The van der Waals surface area contributed by atoms with E-state index in [9.17, 15) is 0 Å². The molecule has 0 N–H and O–H groups in total. The maximum atomic E-state index is 7.02. The normalized spacial score (nSPS) is 14.1. The maximum absolute atomic E-state index is 7.02. The van der Waals surface area contributed by atoms with Gasteiger partial charge in [0.2, 0.25) is 0 Å². The molecular weight excluding hydrogens is 550 g/mol. The van der Waals surface area contributed by atoms with Crippen LogP contribution < -0.4 is 4.90 Å². The van der Waals surface area contributed by atoms with Gasteiger partial charge in [0, 0.05) is 38.9 Å². The highest BCUT2D eigenvalue weighted by Gasteiger charge is 2.38. The van der Waals surface area contributed by atoms with Crippen LogP contribution in [0.4, 0.5) is 17.2 Å². The zero-order valence-electron chi connectivity index (χ0n) is 24.9. The minimum Gasteiger partial charge on any atom is -0.453 e. The van der Waals surface area contributed by atoms with Gasteiger partial charge < -0.3 is 4.42 Å². The van der Waals surface area contributed by atoms with E-state index in [-0.39, 0.29) is 5.41 Å². The molecule has 45 heavy (non-hydrogen) atoms. The number of benzene rings is 6. The number of fused-ring (bicyclic) bond motifs is 9. The number of hydrogen-bond acceptors (Lipinski definition) is 4. The largest absolute Gasteiger partial charge is 0.453 e. The summed E-state index contributed by atoms with van der Waals surface area (Å²) in [6.45, 7) is 4.62. The van der Waals surface area contributed by atoms with Crippen molar-refractivity contribution in [3.63, 3.8) is 0 Å². The molecule has 0 saturated carbocycles. The van der Waals surface area contributed by atoms with E-state index in [2.05, 4.69) is 139 Å². The van der Waals surface area contributed by atoms with Gasteiger partial charge in [-0.15, -0.1) is 0 Å². The van der Waals surface area contributed by atoms with Gasteiger partial charge in [0.25, 0.3) is 0 Å². The third-order valence-corrected chi connectivity index (χ3v) is 9.93. The topological polar surface area (TPSA) is 42.2 Å². The van der Waals surface area contributed by atoms with Crippen molar-refractivity contribution in [2.45, 2.75) is 19.3 Å². The van der Waals surface area contributed by atoms with Crippen LogP contribution in [0.15, 0.2) is 132 Å². The zero-order chi connectivity index (χ0) is 29.9. The monoisotopic (exact) mass is 577 g/mol. The molecule has 1 aliphatic carbocycles. The van der Waals surface area contributed by atoms with Crippen molar-refractivity contribution in [2.75, 3.05) is 4.90 Å². The molecule has 1 aliphatic heterocycles. The molecule has 0 saturated heterocycles. The van der Waals surface area contributed by atoms with Gasteiger partial charge in [-0.3, -0.25) is 4.90 Å². The molecule has 0 unspecified atom stereocenters. The summed E-state index contributed by atoms with van der Waals surface area (Å²) in [4.78, 5) is 11.7. The predicted molar refractivity (Wildman–Crippen MR) is 183 cm³/mol. The van der Waals surface area contributed by atoms with Crippen LogP contribution in [0.2, 0.25) is 0 Å². The maximum Gasteiger partial charge on any atom is 0.159 e. The summed E-state index contributed by atoms with van der Waals surface area (Å²) in [5, 5.41) is 4.59. The highest BCUT2D eigenvalue weighted by molar-refractivity contribution is 6.19. The smallest absolute Gasteiger partial charge is 0.159 e. The summed E-state index contributed by atoms with van der Waals surface area (Å²) >= 11 is 0. The predicted octanol–water partition coefficient (Wildman–Crippen LogP) is 11.0. The van der Waals surface area contributed by atoms with Crippen LogP contribution in [-0.4, -0.2) is 9.97 Å². The van der Waals surface area contributed by atoms with E-state index in [0.29, 0.717) is 0 Å². The lowest BCUT2D eigenvalue weighted by Gasteiger charge is -2.32. The fourth-order valence-corrected chi connectivity index (χ4v) is 7.86. The number of para-hydroxylation sites is 1. The summed E-state index contributed by atoms with van der Waals surface area (Å²) in [7, 11) is 0. The lowest BCUT2D eigenvalue weighted by atomic mass is 9.82. The average molecular weight is 578 g/mol. The van der Waals surface area contributed by atoms with E-state index in [1.807, 2.05) is 6.20 Å². The molecule has 2 aromatic heterocycles. The number of aromatic nitrogens is 2. The molecule has 6 aromatic carbocycles. The number of anilines is 3. The lowest BCUT2D eigenvalue weighted by Crippen LogP contribution is -2.17. The molecule has 212 valence electrons. The summed E-state index contributed by atoms with van der Waals surface area (Å²) in [6, 6.07) is 41.4. The van der Waals surface area contributed by atoms with Gasteiger partial charge >= 0.3 is 0 Å². The van der Waals surface area contributed by atoms with Gasteiger partial charge in [0.15, 0.2) is 5.58 Å². The molecule has 0 fully saturated rings. The second kappa shape index (κ2) is 8.67. The van der Waals surface area contributed by atoms with Gasteiger partial charge in [0.1, 0.15) is 17.7 Å². The average Bonchev–Trinajstić information content (AvgIpc) is 3.58. The third-order valence-electron chi connectivity index (χ3n) is 9.93. The van der Waals surface area contributed by atoms with Crippen LogP contribution in [0.3, 0.4) is 0 Å². The molecule has 10 rings (SSSR count). The molecule has 3 heterocycles. The Morgan fingerprint density at radius 3 is 2.33 bits per heavy atom. The summed E-state index contributed by atoms with van der Waals surface area (Å²) in [5.41, 5.74) is 13.4. The Morgan fingerprint density at radius 2 is 1.42 bits per heavy atom. The third kappa shape index (κ3) is 3.21. The van der Waals surface area contributed by atoms with Crippen LogP contribution in [0.5, 0.6) is 0 Å². The number of nitrogens with zero attached hydrogens (tertiary/aromatic N) is 3. The Labute approximate surface area is 260 Å². The van der Waals surface area contributed by atoms with E-state index in [0.717, 1.165) is 50.3 Å². The van der Waals surface area contributed by atoms with E-state index >= 15 is 0 Å². The van der Waals surface area contributed by atoms with Gasteiger partial charge in [-0.2, -0.15) is 0 Å². The van der Waals surface area contributed by atoms with Crippen LogP contribution in [-0.2, 0) is 5.41 Å². The van der Waals surface area contributed by atoms with Gasteiger partial charge in [-0.05, 0) is 63.0 Å². The number of rotatable bonds is 2. The van der Waals surface area contributed by atoms with Crippen molar-refractivity contribution >= 4 is 49.9 Å². The second-order valence-corrected chi connectivity index (χ2v) is 12.7. The van der Waals surface area contributed by atoms with Crippen molar-refractivity contribution < 1.29 is 4.42 Å². The molecule has 8 aromatic rings. The molecule has 4 nitrogen and oxygen atoms in total. The molecule has 0 bridgehead atoms. The number of furan rings is 1. The molecule has 0 spiro atoms. The van der Waals surface area contributed by atoms with Crippen molar-refractivity contribution in [1.82, 2.24) is 9.97 Å². The van der Waals surface area contributed by atoms with Crippen molar-refractivity contribution in [3.05, 3.63) is 139 Å². The van der Waals surface area contributed by atoms with Crippen LogP contribution >= 0.6 is 0 Å². The first-order chi connectivity index (χ1) is 22.1. The fourth-order valence-electron chi connectivity index (χ4n) is 7.86. The second-order valence-electron chi connectivity index (χ2n) is 12.7. The van der Waals surface area contributed by atoms with Crippen LogP contribution in [0, 0.1) is 0 Å². The van der Waals surface area contributed by atoms with Crippen LogP contribution in [0.1, 0.15) is 25.0 Å². The van der Waals surface area contributed by atoms with E-state index in [1.165, 1.54) is 44.2 Å². The standard InChI is InChI=1S/C41H27N3O/c1-41(2)32-15-7-6-13-29(32)37-33(41)19-18-28-27-14-9-17-35(38(27)45-39(28)37)44-34-16-8-12-25-20-26(24-10-4-3-5-11-24)21-30(36(25)34)31-22-42-23-43-40(31)44/h3-23H,1-2H3. The first kappa shape index (κ1) is 24.7. The molecule has 2 aliphatic rings. The van der Waals surface area contributed by atoms with Crippen LogP contribution in [0.25, 0.3) is 66.1 Å². The highest BCUT2D eigenvalue weighted by Crippen LogP contribution is 2.55. The molecule has 4 heteroatoms. The van der Waals surface area contributed by atoms with Gasteiger partial charge in [-0.25, -0.2) is 9.97 Å². The van der Waals surface area contributed by atoms with Crippen molar-refractivity contribution in [1.29, 1.82) is 0 Å². The summed E-state index contributed by atoms with van der Waals surface area (Å²) in [5.74, 6) is 0.847. The number of hydrogen-bond donors (Lipinski definition) is 0. The molecular formula is C41H27N3O. The Hall–Kier alpha value is -5.74. The Balaban J connectivity index is 1.26. The van der Waals surface area contributed by atoms with E-state index < -0.39 is 0 Å². The Kier molecular flexibility index (Phi) is 4.76. The SMILES string of the molecule is CC1(C)c2ccccc2-c2c1ccc1c2oc2c(N3c4ncncc4-c4cc(-c5ccccc5)cc5cccc3c45)cccc21. The zero-order valence-corrected chi connectivity index (χ0v) is 24.9. The van der Waals surface area contributed by atoms with E-state index in [4.69, 9.17) is 9.40 Å². The summed E-state index contributed by atoms with van der Waals surface area (Å²) < 4.78 is 7.02. The molecule has 0 radical (unpaired) electrons. The van der Waals surface area contributed by atoms with E-state index in [1.54, 1.807) is 6.33 Å². The molecule has 0 atom stereocenters. The lowest BCUT2D eigenvalue weighted by molar-refractivity contribution is 0.653. The first-order valence-corrected chi connectivity index (χ1v) is 15.4. The minimum absolute atomic E-state index is 0.0946. The highest BCUT2D eigenvalue weighted by atomic mass is 16.3. The first-order valence-electron chi connectivity index (χ1n) is 15.4. The molecule has 0 amide bonds. The van der Waals surface area contributed by atoms with Gasteiger partial charge in [-0.1, -0.05) is 105 Å². The quantitative estimate of drug-likeness (QED) is 0.205. The minimum atomic E-state index is -0.0946. The summed E-state index contributed by atoms with van der Waals surface area (Å²) in [6.07, 6.45) is 3.59. The Morgan fingerprint density at radius 1 is 0.622 bits per heavy atom.